The maximum atomic E-state index is 12.1. The molecule has 0 atom stereocenters. The second-order valence-corrected chi connectivity index (χ2v) is 5.00. The quantitative estimate of drug-likeness (QED) is 0.595. The van der Waals surface area contributed by atoms with E-state index in [0.717, 1.165) is 22.2 Å². The molecule has 4 aromatic rings. The van der Waals surface area contributed by atoms with Crippen LogP contribution in [0.5, 0.6) is 0 Å². The van der Waals surface area contributed by atoms with Crippen LogP contribution in [0.25, 0.3) is 33.4 Å². The molecule has 0 aliphatic heterocycles. The number of aromatic nitrogens is 4. The number of nitrogens with zero attached hydrogens (tertiary/aromatic N) is 2. The molecule has 2 N–H and O–H groups in total. The lowest BCUT2D eigenvalue weighted by Crippen LogP contribution is -2.11. The van der Waals surface area contributed by atoms with E-state index in [1.807, 2.05) is 42.5 Å². The van der Waals surface area contributed by atoms with Gasteiger partial charge < -0.3 is 4.98 Å². The van der Waals surface area contributed by atoms with Gasteiger partial charge in [-0.2, -0.15) is 5.10 Å². The van der Waals surface area contributed by atoms with Gasteiger partial charge in [0.15, 0.2) is 0 Å². The summed E-state index contributed by atoms with van der Waals surface area (Å²) in [6.07, 6.45) is 3.40. The van der Waals surface area contributed by atoms with E-state index in [1.165, 1.54) is 0 Å². The highest BCUT2D eigenvalue weighted by Gasteiger charge is 2.10. The summed E-state index contributed by atoms with van der Waals surface area (Å²) < 4.78 is 0. The van der Waals surface area contributed by atoms with Crippen LogP contribution < -0.4 is 5.56 Å². The predicted octanol–water partition coefficient (Wildman–Crippen LogP) is 2.98. The second kappa shape index (κ2) is 4.96. The van der Waals surface area contributed by atoms with Crippen molar-refractivity contribution in [2.45, 2.75) is 0 Å². The zero-order chi connectivity index (χ0) is 14.9. The molecule has 0 aliphatic carbocycles. The zero-order valence-corrected chi connectivity index (χ0v) is 11.6. The van der Waals surface area contributed by atoms with Crippen LogP contribution in [0.3, 0.4) is 0 Å². The number of hydrogen-bond donors (Lipinski definition) is 2. The molecule has 0 fully saturated rings. The van der Waals surface area contributed by atoms with E-state index in [2.05, 4.69) is 20.2 Å². The molecule has 0 spiro atoms. The third kappa shape index (κ3) is 2.09. The molecular weight excluding hydrogens is 276 g/mol. The SMILES string of the molecule is O=c1[nH]nc(-c2ccncc2)cc1-c1cc2ccccc2[nH]1. The van der Waals surface area contributed by atoms with E-state index in [4.69, 9.17) is 0 Å². The minimum atomic E-state index is -0.218. The fourth-order valence-electron chi connectivity index (χ4n) is 2.49. The van der Waals surface area contributed by atoms with Gasteiger partial charge in [0, 0.05) is 28.9 Å². The third-order valence-corrected chi connectivity index (χ3v) is 3.60. The number of para-hydroxylation sites is 1. The van der Waals surface area contributed by atoms with E-state index in [1.54, 1.807) is 18.5 Å². The Morgan fingerprint density at radius 1 is 0.955 bits per heavy atom. The summed E-state index contributed by atoms with van der Waals surface area (Å²) in [6.45, 7) is 0. The molecule has 0 radical (unpaired) electrons. The van der Waals surface area contributed by atoms with Crippen molar-refractivity contribution in [2.24, 2.45) is 0 Å². The van der Waals surface area contributed by atoms with E-state index >= 15 is 0 Å². The summed E-state index contributed by atoms with van der Waals surface area (Å²) in [4.78, 5) is 19.4. The van der Waals surface area contributed by atoms with Gasteiger partial charge in [-0.05, 0) is 30.3 Å². The van der Waals surface area contributed by atoms with Gasteiger partial charge in [0.1, 0.15) is 0 Å². The molecule has 1 aromatic carbocycles. The van der Waals surface area contributed by atoms with Gasteiger partial charge in [-0.3, -0.25) is 9.78 Å². The first-order valence-electron chi connectivity index (χ1n) is 6.89. The lowest BCUT2D eigenvalue weighted by Gasteiger charge is -2.02. The average molecular weight is 288 g/mol. The first-order valence-corrected chi connectivity index (χ1v) is 6.89. The number of rotatable bonds is 2. The van der Waals surface area contributed by atoms with Crippen molar-refractivity contribution in [1.82, 2.24) is 20.2 Å². The molecule has 5 heteroatoms. The molecule has 0 bridgehead atoms. The number of hydrogen-bond acceptors (Lipinski definition) is 3. The molecule has 3 heterocycles. The molecular formula is C17H12N4O. The van der Waals surface area contributed by atoms with Gasteiger partial charge in [0.2, 0.25) is 0 Å². The molecule has 0 aliphatic rings. The van der Waals surface area contributed by atoms with Crippen molar-refractivity contribution in [2.75, 3.05) is 0 Å². The van der Waals surface area contributed by atoms with Crippen molar-refractivity contribution in [1.29, 1.82) is 0 Å². The number of aromatic amines is 2. The molecule has 3 aromatic heterocycles. The Morgan fingerprint density at radius 3 is 2.59 bits per heavy atom. The molecule has 5 nitrogen and oxygen atoms in total. The van der Waals surface area contributed by atoms with E-state index in [9.17, 15) is 4.79 Å². The topological polar surface area (TPSA) is 74.4 Å². The molecule has 0 amide bonds. The van der Waals surface area contributed by atoms with Crippen LogP contribution in [0.1, 0.15) is 0 Å². The van der Waals surface area contributed by atoms with Crippen molar-refractivity contribution in [3.8, 4) is 22.5 Å². The van der Waals surface area contributed by atoms with Crippen LogP contribution in [0.2, 0.25) is 0 Å². The summed E-state index contributed by atoms with van der Waals surface area (Å²) in [7, 11) is 0. The maximum Gasteiger partial charge on any atom is 0.273 e. The third-order valence-electron chi connectivity index (χ3n) is 3.60. The molecule has 0 saturated carbocycles. The van der Waals surface area contributed by atoms with Gasteiger partial charge in [0.25, 0.3) is 5.56 Å². The minimum Gasteiger partial charge on any atom is -0.354 e. The normalized spacial score (nSPS) is 10.9. The Morgan fingerprint density at radius 2 is 1.77 bits per heavy atom. The highest BCUT2D eigenvalue weighted by Crippen LogP contribution is 2.24. The van der Waals surface area contributed by atoms with E-state index in [-0.39, 0.29) is 5.56 Å². The van der Waals surface area contributed by atoms with Gasteiger partial charge in [-0.1, -0.05) is 18.2 Å². The Hall–Kier alpha value is -3.21. The number of nitrogens with one attached hydrogen (secondary N) is 2. The fourth-order valence-corrected chi connectivity index (χ4v) is 2.49. The number of benzene rings is 1. The molecule has 22 heavy (non-hydrogen) atoms. The standard InChI is InChI=1S/C17H12N4O/c22-17-13(16-9-12-3-1-2-4-14(12)19-16)10-15(20-21-17)11-5-7-18-8-6-11/h1-10,19H,(H,21,22). The highest BCUT2D eigenvalue weighted by molar-refractivity contribution is 5.86. The Bertz CT molecular complexity index is 969. The summed E-state index contributed by atoms with van der Waals surface area (Å²) in [5.74, 6) is 0. The number of pyridine rings is 1. The van der Waals surface area contributed by atoms with E-state index in [0.29, 0.717) is 11.3 Å². The predicted molar refractivity (Wildman–Crippen MR) is 85.4 cm³/mol. The average Bonchev–Trinajstić information content (AvgIpc) is 3.00. The molecule has 106 valence electrons. The Kier molecular flexibility index (Phi) is 2.83. The molecule has 0 unspecified atom stereocenters. The first-order chi connectivity index (χ1) is 10.8. The van der Waals surface area contributed by atoms with Crippen LogP contribution in [-0.4, -0.2) is 20.2 Å². The van der Waals surface area contributed by atoms with Crippen molar-refractivity contribution in [3.63, 3.8) is 0 Å². The largest absolute Gasteiger partial charge is 0.354 e. The van der Waals surface area contributed by atoms with Gasteiger partial charge >= 0.3 is 0 Å². The highest BCUT2D eigenvalue weighted by atomic mass is 16.1. The molecule has 0 saturated heterocycles. The second-order valence-electron chi connectivity index (χ2n) is 5.00. The van der Waals surface area contributed by atoms with Gasteiger partial charge in [-0.25, -0.2) is 5.10 Å². The maximum absolute atomic E-state index is 12.1. The van der Waals surface area contributed by atoms with Gasteiger partial charge in [0.05, 0.1) is 17.0 Å². The Balaban J connectivity index is 1.89. The smallest absolute Gasteiger partial charge is 0.273 e. The van der Waals surface area contributed by atoms with Crippen LogP contribution >= 0.6 is 0 Å². The first kappa shape index (κ1) is 12.5. The van der Waals surface area contributed by atoms with E-state index < -0.39 is 0 Å². The van der Waals surface area contributed by atoms with Crippen molar-refractivity contribution < 1.29 is 0 Å². The van der Waals surface area contributed by atoms with Crippen molar-refractivity contribution in [3.05, 3.63) is 71.3 Å². The Labute approximate surface area is 125 Å². The van der Waals surface area contributed by atoms with Crippen LogP contribution in [-0.2, 0) is 0 Å². The van der Waals surface area contributed by atoms with Crippen LogP contribution in [0.4, 0.5) is 0 Å². The van der Waals surface area contributed by atoms with Crippen LogP contribution in [0, 0.1) is 0 Å². The summed E-state index contributed by atoms with van der Waals surface area (Å²) in [5.41, 5.74) is 3.74. The lowest BCUT2D eigenvalue weighted by atomic mass is 10.1. The molecule has 4 rings (SSSR count). The summed E-state index contributed by atoms with van der Waals surface area (Å²) in [6, 6.07) is 15.4. The fraction of sp³-hybridized carbons (Fsp3) is 0. The summed E-state index contributed by atoms with van der Waals surface area (Å²) >= 11 is 0. The minimum absolute atomic E-state index is 0.218. The summed E-state index contributed by atoms with van der Waals surface area (Å²) in [5, 5.41) is 7.74. The van der Waals surface area contributed by atoms with Crippen LogP contribution in [0.15, 0.2) is 65.7 Å². The van der Waals surface area contributed by atoms with Crippen molar-refractivity contribution >= 4 is 10.9 Å². The lowest BCUT2D eigenvalue weighted by molar-refractivity contribution is 0.996. The number of H-pyrrole nitrogens is 2. The number of fused-ring (bicyclic) bond motifs is 1. The zero-order valence-electron chi connectivity index (χ0n) is 11.6. The van der Waals surface area contributed by atoms with Gasteiger partial charge in [-0.15, -0.1) is 0 Å². The monoisotopic (exact) mass is 288 g/mol.